The van der Waals surface area contributed by atoms with E-state index in [-0.39, 0.29) is 0 Å². The van der Waals surface area contributed by atoms with Crippen LogP contribution in [0, 0.1) is 0 Å². The number of ether oxygens (including phenoxy) is 2. The molecule has 0 radical (unpaired) electrons. The van der Waals surface area contributed by atoms with Crippen LogP contribution in [-0.4, -0.2) is 56.9 Å². The molecule has 0 saturated carbocycles. The van der Waals surface area contributed by atoms with Crippen LogP contribution in [0.3, 0.4) is 0 Å². The highest BCUT2D eigenvalue weighted by Gasteiger charge is 2.20. The zero-order chi connectivity index (χ0) is 14.5. The molecule has 1 saturated heterocycles. The van der Waals surface area contributed by atoms with Crippen molar-refractivity contribution in [3.8, 4) is 11.5 Å². The molecule has 1 aromatic rings. The summed E-state index contributed by atoms with van der Waals surface area (Å²) in [5.41, 5.74) is 0.701. The summed E-state index contributed by atoms with van der Waals surface area (Å²) in [6, 6.07) is 3.42. The second-order valence-electron chi connectivity index (χ2n) is 4.80. The van der Waals surface area contributed by atoms with E-state index in [9.17, 15) is 5.11 Å². The minimum absolute atomic E-state index is 0.475. The molecule has 0 bridgehead atoms. The van der Waals surface area contributed by atoms with E-state index in [0.717, 1.165) is 26.2 Å². The van der Waals surface area contributed by atoms with Gasteiger partial charge in [0.2, 0.25) is 0 Å². The SMILES string of the molecule is COc1cc(C(O)CN2CCNCC2)c(OC)cc1Cl. The molecule has 1 heterocycles. The monoisotopic (exact) mass is 300 g/mol. The van der Waals surface area contributed by atoms with Gasteiger partial charge in [-0.3, -0.25) is 4.90 Å². The Kier molecular flexibility index (Phi) is 5.48. The summed E-state index contributed by atoms with van der Waals surface area (Å²) in [7, 11) is 3.12. The largest absolute Gasteiger partial charge is 0.496 e. The van der Waals surface area contributed by atoms with Crippen LogP contribution in [0.1, 0.15) is 11.7 Å². The molecule has 20 heavy (non-hydrogen) atoms. The Labute approximate surface area is 124 Å². The summed E-state index contributed by atoms with van der Waals surface area (Å²) in [6.07, 6.45) is -0.630. The van der Waals surface area contributed by atoms with Gasteiger partial charge in [0.15, 0.2) is 0 Å². The maximum absolute atomic E-state index is 10.5. The molecule has 1 atom stereocenters. The topological polar surface area (TPSA) is 54.0 Å². The molecule has 112 valence electrons. The van der Waals surface area contributed by atoms with E-state index in [4.69, 9.17) is 21.1 Å². The molecule has 0 spiro atoms. The van der Waals surface area contributed by atoms with Gasteiger partial charge in [-0.15, -0.1) is 0 Å². The summed E-state index contributed by atoms with van der Waals surface area (Å²) in [6.45, 7) is 4.35. The maximum atomic E-state index is 10.5. The van der Waals surface area contributed by atoms with Gasteiger partial charge in [-0.25, -0.2) is 0 Å². The number of β-amino-alcohol motifs (C(OH)–C–C–N with tert-alkyl or cyclic N) is 1. The van der Waals surface area contributed by atoms with Crippen LogP contribution in [0.15, 0.2) is 12.1 Å². The van der Waals surface area contributed by atoms with Gasteiger partial charge < -0.3 is 19.9 Å². The third kappa shape index (κ3) is 3.55. The van der Waals surface area contributed by atoms with E-state index in [1.54, 1.807) is 26.4 Å². The maximum Gasteiger partial charge on any atom is 0.138 e. The highest BCUT2D eigenvalue weighted by Crippen LogP contribution is 2.35. The number of halogens is 1. The molecular formula is C14H21ClN2O3. The lowest BCUT2D eigenvalue weighted by Crippen LogP contribution is -2.45. The van der Waals surface area contributed by atoms with Crippen molar-refractivity contribution in [1.82, 2.24) is 10.2 Å². The zero-order valence-electron chi connectivity index (χ0n) is 11.9. The van der Waals surface area contributed by atoms with Crippen molar-refractivity contribution in [2.75, 3.05) is 46.9 Å². The number of nitrogens with one attached hydrogen (secondary N) is 1. The Morgan fingerprint density at radius 3 is 2.50 bits per heavy atom. The highest BCUT2D eigenvalue weighted by atomic mass is 35.5. The number of methoxy groups -OCH3 is 2. The number of piperazine rings is 1. The predicted octanol–water partition coefficient (Wildman–Crippen LogP) is 1.30. The van der Waals surface area contributed by atoms with E-state index in [1.165, 1.54) is 0 Å². The first kappa shape index (κ1) is 15.4. The quantitative estimate of drug-likeness (QED) is 0.858. The molecule has 2 rings (SSSR count). The van der Waals surface area contributed by atoms with Crippen molar-refractivity contribution < 1.29 is 14.6 Å². The van der Waals surface area contributed by atoms with E-state index in [1.807, 2.05) is 0 Å². The molecule has 1 aliphatic heterocycles. The molecule has 1 fully saturated rings. The molecule has 1 unspecified atom stereocenters. The Morgan fingerprint density at radius 2 is 1.90 bits per heavy atom. The van der Waals surface area contributed by atoms with Crippen LogP contribution in [0.5, 0.6) is 11.5 Å². The molecule has 0 aromatic heterocycles. The number of rotatable bonds is 5. The predicted molar refractivity (Wildman–Crippen MR) is 78.8 cm³/mol. The number of aliphatic hydroxyl groups excluding tert-OH is 1. The molecule has 0 amide bonds. The zero-order valence-corrected chi connectivity index (χ0v) is 12.6. The van der Waals surface area contributed by atoms with Crippen molar-refractivity contribution in [2.45, 2.75) is 6.10 Å². The first-order valence-electron chi connectivity index (χ1n) is 6.68. The van der Waals surface area contributed by atoms with Crippen molar-refractivity contribution in [3.05, 3.63) is 22.7 Å². The van der Waals surface area contributed by atoms with Gasteiger partial charge in [0.05, 0.1) is 25.3 Å². The van der Waals surface area contributed by atoms with Crippen LogP contribution in [0.4, 0.5) is 0 Å². The number of nitrogens with zero attached hydrogens (tertiary/aromatic N) is 1. The smallest absolute Gasteiger partial charge is 0.138 e. The summed E-state index contributed by atoms with van der Waals surface area (Å²) in [4.78, 5) is 2.22. The fourth-order valence-corrected chi connectivity index (χ4v) is 2.61. The molecule has 5 nitrogen and oxygen atoms in total. The Bertz CT molecular complexity index is 450. The Morgan fingerprint density at radius 1 is 1.25 bits per heavy atom. The van der Waals surface area contributed by atoms with Crippen LogP contribution in [0.2, 0.25) is 5.02 Å². The summed E-state index contributed by atoms with van der Waals surface area (Å²) >= 11 is 6.07. The molecule has 1 aliphatic rings. The fourth-order valence-electron chi connectivity index (χ4n) is 2.38. The molecule has 0 aliphatic carbocycles. The summed E-state index contributed by atoms with van der Waals surface area (Å²) < 4.78 is 10.5. The first-order valence-corrected chi connectivity index (χ1v) is 7.06. The van der Waals surface area contributed by atoms with Gasteiger partial charge in [0.1, 0.15) is 11.5 Å². The Balaban J connectivity index is 2.16. The van der Waals surface area contributed by atoms with Gasteiger partial charge in [-0.05, 0) is 6.07 Å². The van der Waals surface area contributed by atoms with Gasteiger partial charge >= 0.3 is 0 Å². The molecular weight excluding hydrogens is 280 g/mol. The number of hydrogen-bond acceptors (Lipinski definition) is 5. The third-order valence-electron chi connectivity index (χ3n) is 3.50. The summed E-state index contributed by atoms with van der Waals surface area (Å²) in [5, 5.41) is 14.2. The molecule has 1 aromatic carbocycles. The molecule has 2 N–H and O–H groups in total. The highest BCUT2D eigenvalue weighted by molar-refractivity contribution is 6.32. The average molecular weight is 301 g/mol. The van der Waals surface area contributed by atoms with Crippen LogP contribution in [0.25, 0.3) is 0 Å². The number of benzene rings is 1. The van der Waals surface area contributed by atoms with Crippen LogP contribution in [-0.2, 0) is 0 Å². The van der Waals surface area contributed by atoms with E-state index < -0.39 is 6.10 Å². The number of hydrogen-bond donors (Lipinski definition) is 2. The van der Waals surface area contributed by atoms with Gasteiger partial charge in [0.25, 0.3) is 0 Å². The number of aliphatic hydroxyl groups is 1. The van der Waals surface area contributed by atoms with Gasteiger partial charge in [-0.2, -0.15) is 0 Å². The second-order valence-corrected chi connectivity index (χ2v) is 5.20. The fraction of sp³-hybridized carbons (Fsp3) is 0.571. The first-order chi connectivity index (χ1) is 9.65. The Hall–Kier alpha value is -1.01. The average Bonchev–Trinajstić information content (AvgIpc) is 2.47. The van der Waals surface area contributed by atoms with Crippen LogP contribution >= 0.6 is 11.6 Å². The normalized spacial score (nSPS) is 17.8. The van der Waals surface area contributed by atoms with Crippen molar-refractivity contribution >= 4 is 11.6 Å². The molecule has 6 heteroatoms. The minimum atomic E-state index is -0.630. The van der Waals surface area contributed by atoms with Crippen molar-refractivity contribution in [2.24, 2.45) is 0 Å². The lowest BCUT2D eigenvalue weighted by molar-refractivity contribution is 0.103. The van der Waals surface area contributed by atoms with E-state index >= 15 is 0 Å². The minimum Gasteiger partial charge on any atom is -0.496 e. The van der Waals surface area contributed by atoms with E-state index in [2.05, 4.69) is 10.2 Å². The standard InChI is InChI=1S/C14H21ClN2O3/c1-19-13-8-11(15)14(20-2)7-10(13)12(18)9-17-5-3-16-4-6-17/h7-8,12,16,18H,3-6,9H2,1-2H3. The van der Waals surface area contributed by atoms with Gasteiger partial charge in [0, 0.05) is 44.4 Å². The van der Waals surface area contributed by atoms with E-state index in [0.29, 0.717) is 28.6 Å². The summed E-state index contributed by atoms with van der Waals surface area (Å²) in [5.74, 6) is 1.13. The van der Waals surface area contributed by atoms with Crippen molar-refractivity contribution in [3.63, 3.8) is 0 Å². The van der Waals surface area contributed by atoms with Gasteiger partial charge in [-0.1, -0.05) is 11.6 Å². The third-order valence-corrected chi connectivity index (χ3v) is 3.80. The lowest BCUT2D eigenvalue weighted by Gasteiger charge is -2.29. The lowest BCUT2D eigenvalue weighted by atomic mass is 10.1. The van der Waals surface area contributed by atoms with Crippen LogP contribution < -0.4 is 14.8 Å². The van der Waals surface area contributed by atoms with Crippen molar-refractivity contribution in [1.29, 1.82) is 0 Å². The second kappa shape index (κ2) is 7.13.